The number of hydrogen-bond donors (Lipinski definition) is 2. The van der Waals surface area contributed by atoms with Gasteiger partial charge in [-0.3, -0.25) is 4.98 Å². The summed E-state index contributed by atoms with van der Waals surface area (Å²) in [4.78, 5) is 16.2. The highest BCUT2D eigenvalue weighted by atomic mass is 35.5. The average molecular weight is 375 g/mol. The summed E-state index contributed by atoms with van der Waals surface area (Å²) < 4.78 is 0. The third kappa shape index (κ3) is 3.41. The molecule has 3 rings (SSSR count). The number of nitrogens with zero attached hydrogens (tertiary/aromatic N) is 1. The van der Waals surface area contributed by atoms with Crippen LogP contribution in [0.15, 0.2) is 59.7 Å². The molecule has 0 aliphatic carbocycles. The molecule has 2 N–H and O–H groups in total. The van der Waals surface area contributed by atoms with E-state index in [1.807, 2.05) is 19.1 Å². The zero-order valence-corrected chi connectivity index (χ0v) is 15.2. The number of allylic oxidation sites excluding steroid dienone is 3. The fourth-order valence-electron chi connectivity index (χ4n) is 3.26. The summed E-state index contributed by atoms with van der Waals surface area (Å²) in [5, 5.41) is 13.9. The van der Waals surface area contributed by atoms with E-state index in [1.54, 1.807) is 37.5 Å². The summed E-state index contributed by atoms with van der Waals surface area (Å²) in [6, 6.07) is 8.87. The third-order valence-electron chi connectivity index (χ3n) is 4.18. The standard InChI is InChI=1S/C19H16Cl2N2O2/c1-10-16(12-4-3-5-22-9-12)18(17(19(24)25)11(2)23-10)13-6-14(20)8-15(21)7-13/h3-9,18,23H,1-2H3,(H,24,25). The van der Waals surface area contributed by atoms with Crippen molar-refractivity contribution in [3.8, 4) is 0 Å². The number of hydrogen-bond acceptors (Lipinski definition) is 3. The fraction of sp³-hybridized carbons (Fsp3) is 0.158. The molecule has 0 saturated carbocycles. The number of carboxylic acid groups (broad SMARTS) is 1. The maximum atomic E-state index is 12.0. The minimum absolute atomic E-state index is 0.266. The largest absolute Gasteiger partial charge is 0.478 e. The van der Waals surface area contributed by atoms with Gasteiger partial charge in [0.05, 0.1) is 5.57 Å². The minimum Gasteiger partial charge on any atom is -0.478 e. The van der Waals surface area contributed by atoms with Crippen LogP contribution in [0.4, 0.5) is 0 Å². The lowest BCUT2D eigenvalue weighted by Gasteiger charge is -2.31. The second kappa shape index (κ2) is 6.90. The number of dihydropyridines is 1. The topological polar surface area (TPSA) is 62.2 Å². The zero-order valence-electron chi connectivity index (χ0n) is 13.7. The van der Waals surface area contributed by atoms with E-state index < -0.39 is 11.9 Å². The molecule has 0 spiro atoms. The Hall–Kier alpha value is -2.30. The van der Waals surface area contributed by atoms with E-state index in [0.717, 1.165) is 22.4 Å². The number of carboxylic acids is 1. The van der Waals surface area contributed by atoms with Gasteiger partial charge in [0, 0.05) is 39.8 Å². The molecule has 1 aromatic heterocycles. The number of halogens is 2. The van der Waals surface area contributed by atoms with Gasteiger partial charge in [-0.25, -0.2) is 4.79 Å². The molecule has 1 aliphatic heterocycles. The molecule has 0 amide bonds. The van der Waals surface area contributed by atoms with Crippen molar-refractivity contribution < 1.29 is 9.90 Å². The van der Waals surface area contributed by atoms with Crippen LogP contribution in [-0.2, 0) is 4.79 Å². The van der Waals surface area contributed by atoms with E-state index in [-0.39, 0.29) is 5.57 Å². The Morgan fingerprint density at radius 3 is 2.40 bits per heavy atom. The molecule has 1 unspecified atom stereocenters. The second-order valence-corrected chi connectivity index (χ2v) is 6.76. The lowest BCUT2D eigenvalue weighted by Crippen LogP contribution is -2.27. The van der Waals surface area contributed by atoms with E-state index in [2.05, 4.69) is 10.3 Å². The van der Waals surface area contributed by atoms with Crippen molar-refractivity contribution in [2.45, 2.75) is 19.8 Å². The summed E-state index contributed by atoms with van der Waals surface area (Å²) in [6.45, 7) is 3.68. The molecule has 25 heavy (non-hydrogen) atoms. The van der Waals surface area contributed by atoms with Gasteiger partial charge in [-0.2, -0.15) is 0 Å². The Bertz CT molecular complexity index is 885. The van der Waals surface area contributed by atoms with Gasteiger partial charge in [0.2, 0.25) is 0 Å². The number of aromatic nitrogens is 1. The molecule has 1 aromatic carbocycles. The Balaban J connectivity index is 2.28. The van der Waals surface area contributed by atoms with Crippen LogP contribution in [0.25, 0.3) is 5.57 Å². The van der Waals surface area contributed by atoms with Crippen molar-refractivity contribution in [3.05, 3.63) is 80.9 Å². The predicted octanol–water partition coefficient (Wildman–Crippen LogP) is 4.87. The van der Waals surface area contributed by atoms with Crippen molar-refractivity contribution in [3.63, 3.8) is 0 Å². The molecule has 6 heteroatoms. The lowest BCUT2D eigenvalue weighted by molar-refractivity contribution is -0.132. The first kappa shape index (κ1) is 17.5. The average Bonchev–Trinajstić information content (AvgIpc) is 2.53. The van der Waals surface area contributed by atoms with Crippen LogP contribution in [-0.4, -0.2) is 16.1 Å². The van der Waals surface area contributed by atoms with E-state index in [0.29, 0.717) is 15.7 Å². The van der Waals surface area contributed by atoms with Crippen LogP contribution in [0.1, 0.15) is 30.9 Å². The van der Waals surface area contributed by atoms with Crippen LogP contribution in [0.3, 0.4) is 0 Å². The molecule has 0 bridgehead atoms. The monoisotopic (exact) mass is 374 g/mol. The normalized spacial score (nSPS) is 17.5. The van der Waals surface area contributed by atoms with Gasteiger partial charge in [-0.15, -0.1) is 0 Å². The van der Waals surface area contributed by atoms with Gasteiger partial charge in [-0.1, -0.05) is 29.3 Å². The zero-order chi connectivity index (χ0) is 18.1. The summed E-state index contributed by atoms with van der Waals surface area (Å²) >= 11 is 12.3. The highest BCUT2D eigenvalue weighted by molar-refractivity contribution is 6.34. The number of carbonyl (C=O) groups is 1. The number of benzene rings is 1. The highest BCUT2D eigenvalue weighted by Gasteiger charge is 2.34. The maximum Gasteiger partial charge on any atom is 0.334 e. The van der Waals surface area contributed by atoms with Crippen molar-refractivity contribution in [2.24, 2.45) is 0 Å². The van der Waals surface area contributed by atoms with Crippen molar-refractivity contribution >= 4 is 34.7 Å². The highest BCUT2D eigenvalue weighted by Crippen LogP contribution is 2.44. The Morgan fingerprint density at radius 2 is 1.84 bits per heavy atom. The quantitative estimate of drug-likeness (QED) is 0.804. The Morgan fingerprint density at radius 1 is 1.16 bits per heavy atom. The van der Waals surface area contributed by atoms with E-state index >= 15 is 0 Å². The first-order chi connectivity index (χ1) is 11.9. The van der Waals surface area contributed by atoms with Gasteiger partial charge in [0.25, 0.3) is 0 Å². The number of nitrogens with one attached hydrogen (secondary N) is 1. The smallest absolute Gasteiger partial charge is 0.334 e. The van der Waals surface area contributed by atoms with Crippen molar-refractivity contribution in [1.82, 2.24) is 10.3 Å². The predicted molar refractivity (Wildman–Crippen MR) is 99.5 cm³/mol. The third-order valence-corrected chi connectivity index (χ3v) is 4.62. The number of aliphatic carboxylic acids is 1. The summed E-state index contributed by atoms with van der Waals surface area (Å²) in [5.74, 6) is -1.49. The van der Waals surface area contributed by atoms with E-state index in [1.165, 1.54) is 0 Å². The van der Waals surface area contributed by atoms with Crippen LogP contribution in [0.5, 0.6) is 0 Å². The summed E-state index contributed by atoms with van der Waals surface area (Å²) in [5.41, 5.74) is 4.15. The van der Waals surface area contributed by atoms with Crippen LogP contribution < -0.4 is 5.32 Å². The second-order valence-electron chi connectivity index (χ2n) is 5.88. The van der Waals surface area contributed by atoms with E-state index in [9.17, 15) is 9.90 Å². The van der Waals surface area contributed by atoms with E-state index in [4.69, 9.17) is 23.2 Å². The van der Waals surface area contributed by atoms with Crippen LogP contribution in [0.2, 0.25) is 10.0 Å². The maximum absolute atomic E-state index is 12.0. The van der Waals surface area contributed by atoms with Crippen molar-refractivity contribution in [1.29, 1.82) is 0 Å². The molecule has 128 valence electrons. The number of rotatable bonds is 3. The molecule has 1 aliphatic rings. The Kier molecular flexibility index (Phi) is 4.84. The van der Waals surface area contributed by atoms with Gasteiger partial charge < -0.3 is 10.4 Å². The molecule has 0 radical (unpaired) electrons. The van der Waals surface area contributed by atoms with Gasteiger partial charge >= 0.3 is 5.97 Å². The first-order valence-corrected chi connectivity index (χ1v) is 8.42. The molecule has 2 heterocycles. The van der Waals surface area contributed by atoms with Crippen molar-refractivity contribution in [2.75, 3.05) is 0 Å². The summed E-state index contributed by atoms with van der Waals surface area (Å²) in [7, 11) is 0. The van der Waals surface area contributed by atoms with Gasteiger partial charge in [0.15, 0.2) is 0 Å². The van der Waals surface area contributed by atoms with Crippen LogP contribution in [0, 0.1) is 0 Å². The SMILES string of the molecule is CC1=C(C(=O)O)C(c2cc(Cl)cc(Cl)c2)C(c2cccnc2)=C(C)N1. The van der Waals surface area contributed by atoms with Gasteiger partial charge in [0.1, 0.15) is 0 Å². The summed E-state index contributed by atoms with van der Waals surface area (Å²) in [6.07, 6.45) is 3.40. The molecule has 4 nitrogen and oxygen atoms in total. The van der Waals surface area contributed by atoms with Crippen LogP contribution >= 0.6 is 23.2 Å². The molecule has 0 saturated heterocycles. The molecule has 1 atom stereocenters. The molecule has 0 fully saturated rings. The lowest BCUT2D eigenvalue weighted by atomic mass is 9.78. The molecular weight excluding hydrogens is 359 g/mol. The fourth-order valence-corrected chi connectivity index (χ4v) is 3.80. The molecule has 2 aromatic rings. The minimum atomic E-state index is -0.986. The Labute approximate surface area is 155 Å². The molecular formula is C19H16Cl2N2O2. The number of pyridine rings is 1. The first-order valence-electron chi connectivity index (χ1n) is 7.66. The van der Waals surface area contributed by atoms with Gasteiger partial charge in [-0.05, 0) is 54.8 Å².